The fourth-order valence-electron chi connectivity index (χ4n) is 0.701. The molecule has 0 unspecified atom stereocenters. The number of amidine groups is 1. The van der Waals surface area contributed by atoms with Crippen LogP contribution in [-0.2, 0) is 9.59 Å². The van der Waals surface area contributed by atoms with Gasteiger partial charge in [0.2, 0.25) is 0 Å². The molecule has 1 heterocycles. The number of nitrogens with zero attached hydrogens (tertiary/aromatic N) is 2. The van der Waals surface area contributed by atoms with Crippen LogP contribution in [0.3, 0.4) is 0 Å². The van der Waals surface area contributed by atoms with Crippen LogP contribution in [0.15, 0.2) is 15.5 Å². The van der Waals surface area contributed by atoms with Gasteiger partial charge in [0.05, 0.1) is 0 Å². The minimum absolute atomic E-state index is 0.265. The number of hydrogen-bond donors (Lipinski definition) is 1. The number of aliphatic carboxylic acids is 1. The van der Waals surface area contributed by atoms with Gasteiger partial charge in [-0.25, -0.2) is 0 Å². The van der Waals surface area contributed by atoms with Gasteiger partial charge in [0.25, 0.3) is 0 Å². The molecule has 0 aromatic heterocycles. The number of amides is 1. The average Bonchev–Trinajstić information content (AvgIpc) is 2.31. The SMILES string of the molecule is CN(C)C1=NC(=O)/C(=C/C(=O)O)[Se]1. The van der Waals surface area contributed by atoms with Crippen LogP contribution in [0.1, 0.15) is 0 Å². The zero-order valence-corrected chi connectivity index (χ0v) is 8.86. The Morgan fingerprint density at radius 3 is 2.62 bits per heavy atom. The second-order valence-electron chi connectivity index (χ2n) is 2.54. The molecule has 1 N–H and O–H groups in total. The van der Waals surface area contributed by atoms with Gasteiger partial charge in [0.15, 0.2) is 0 Å². The minimum atomic E-state index is -1.10. The van der Waals surface area contributed by atoms with E-state index in [9.17, 15) is 9.59 Å². The summed E-state index contributed by atoms with van der Waals surface area (Å²) in [5.41, 5.74) is 0. The topological polar surface area (TPSA) is 70.0 Å². The van der Waals surface area contributed by atoms with E-state index < -0.39 is 11.9 Å². The molecule has 0 atom stereocenters. The summed E-state index contributed by atoms with van der Waals surface area (Å²) in [5, 5.41) is 8.43. The molecule has 0 aromatic rings. The van der Waals surface area contributed by atoms with Gasteiger partial charge < -0.3 is 0 Å². The number of carboxylic acid groups (broad SMARTS) is 1. The van der Waals surface area contributed by atoms with E-state index in [0.29, 0.717) is 9.21 Å². The number of carboxylic acids is 1. The number of aliphatic imine (C=N–C) groups is 1. The van der Waals surface area contributed by atoms with Crippen molar-refractivity contribution in [2.75, 3.05) is 14.1 Å². The van der Waals surface area contributed by atoms with Gasteiger partial charge in [-0.3, -0.25) is 0 Å². The van der Waals surface area contributed by atoms with Gasteiger partial charge in [-0.15, -0.1) is 0 Å². The van der Waals surface area contributed by atoms with Crippen molar-refractivity contribution < 1.29 is 14.7 Å². The normalized spacial score (nSPS) is 19.1. The molecule has 0 aromatic carbocycles. The van der Waals surface area contributed by atoms with Crippen LogP contribution in [0.4, 0.5) is 0 Å². The van der Waals surface area contributed by atoms with Gasteiger partial charge in [-0.1, -0.05) is 0 Å². The van der Waals surface area contributed by atoms with E-state index in [2.05, 4.69) is 4.99 Å². The van der Waals surface area contributed by atoms with Gasteiger partial charge >= 0.3 is 80.8 Å². The van der Waals surface area contributed by atoms with E-state index in [1.807, 2.05) is 0 Å². The van der Waals surface area contributed by atoms with E-state index in [-0.39, 0.29) is 15.0 Å². The van der Waals surface area contributed by atoms with Crippen molar-refractivity contribution >= 4 is 31.6 Å². The number of hydrogen-bond acceptors (Lipinski definition) is 3. The summed E-state index contributed by atoms with van der Waals surface area (Å²) in [5.74, 6) is -1.52. The van der Waals surface area contributed by atoms with Crippen molar-refractivity contribution in [1.29, 1.82) is 0 Å². The van der Waals surface area contributed by atoms with Crippen LogP contribution < -0.4 is 0 Å². The van der Waals surface area contributed by atoms with Crippen LogP contribution in [0, 0.1) is 0 Å². The van der Waals surface area contributed by atoms with Crippen molar-refractivity contribution in [3.05, 3.63) is 10.5 Å². The Hall–Kier alpha value is -1.13. The van der Waals surface area contributed by atoms with E-state index in [1.54, 1.807) is 19.0 Å². The van der Waals surface area contributed by atoms with E-state index in [4.69, 9.17) is 5.11 Å². The molecule has 0 radical (unpaired) electrons. The number of carbonyl (C=O) groups excluding carboxylic acids is 1. The molecule has 0 aliphatic carbocycles. The molecule has 0 bridgehead atoms. The first-order valence-corrected chi connectivity index (χ1v) is 5.15. The Morgan fingerprint density at radius 2 is 2.23 bits per heavy atom. The van der Waals surface area contributed by atoms with Crippen LogP contribution in [-0.4, -0.2) is 55.7 Å². The molecule has 0 fully saturated rings. The number of carbonyl (C=O) groups is 2. The molecule has 1 aliphatic heterocycles. The number of rotatable bonds is 1. The molecule has 0 spiro atoms. The Morgan fingerprint density at radius 1 is 1.62 bits per heavy atom. The average molecular weight is 247 g/mol. The third kappa shape index (κ3) is 2.40. The maximum absolute atomic E-state index is 11.1. The second-order valence-corrected chi connectivity index (χ2v) is 4.66. The van der Waals surface area contributed by atoms with Crippen LogP contribution in [0.25, 0.3) is 0 Å². The summed E-state index contributed by atoms with van der Waals surface area (Å²) in [6.07, 6.45) is 0.933. The second kappa shape index (κ2) is 3.72. The van der Waals surface area contributed by atoms with Gasteiger partial charge in [-0.2, -0.15) is 0 Å². The summed E-state index contributed by atoms with van der Waals surface area (Å²) >= 11 is -0.265. The summed E-state index contributed by atoms with van der Waals surface area (Å²) < 4.78 is 0.953. The zero-order valence-electron chi connectivity index (χ0n) is 7.14. The molecular formula is C7H8N2O3Se. The predicted molar refractivity (Wildman–Crippen MR) is 47.6 cm³/mol. The quantitative estimate of drug-likeness (QED) is 0.482. The fraction of sp³-hybridized carbons (Fsp3) is 0.286. The molecule has 0 saturated heterocycles. The summed E-state index contributed by atoms with van der Waals surface area (Å²) in [7, 11) is 3.55. The van der Waals surface area contributed by atoms with Crippen molar-refractivity contribution in [2.45, 2.75) is 0 Å². The van der Waals surface area contributed by atoms with E-state index in [0.717, 1.165) is 6.08 Å². The van der Waals surface area contributed by atoms with Crippen molar-refractivity contribution in [1.82, 2.24) is 4.90 Å². The Bertz CT molecular complexity index is 320. The van der Waals surface area contributed by atoms with E-state index in [1.165, 1.54) is 0 Å². The van der Waals surface area contributed by atoms with Gasteiger partial charge in [0, 0.05) is 0 Å². The third-order valence-electron chi connectivity index (χ3n) is 1.25. The van der Waals surface area contributed by atoms with Crippen molar-refractivity contribution in [3.8, 4) is 0 Å². The van der Waals surface area contributed by atoms with E-state index >= 15 is 0 Å². The molecule has 13 heavy (non-hydrogen) atoms. The predicted octanol–water partition coefficient (Wildman–Crippen LogP) is -0.883. The van der Waals surface area contributed by atoms with Crippen LogP contribution >= 0.6 is 0 Å². The summed E-state index contributed by atoms with van der Waals surface area (Å²) in [6, 6.07) is 0. The molecule has 1 rings (SSSR count). The van der Waals surface area contributed by atoms with Gasteiger partial charge in [-0.05, 0) is 0 Å². The summed E-state index contributed by atoms with van der Waals surface area (Å²) in [4.78, 5) is 26.8. The first-order chi connectivity index (χ1) is 6.00. The van der Waals surface area contributed by atoms with Crippen LogP contribution in [0.5, 0.6) is 0 Å². The molecule has 5 nitrogen and oxygen atoms in total. The summed E-state index contributed by atoms with van der Waals surface area (Å²) in [6.45, 7) is 0. The monoisotopic (exact) mass is 248 g/mol. The molecule has 6 heteroatoms. The first kappa shape index (κ1) is 9.95. The molecule has 70 valence electrons. The molecule has 1 amide bonds. The van der Waals surface area contributed by atoms with Gasteiger partial charge in [0.1, 0.15) is 0 Å². The molecular weight excluding hydrogens is 239 g/mol. The molecule has 1 aliphatic rings. The molecule has 0 saturated carbocycles. The first-order valence-electron chi connectivity index (χ1n) is 3.43. The Balaban J connectivity index is 2.82. The fourth-order valence-corrected chi connectivity index (χ4v) is 2.38. The Labute approximate surface area is 81.3 Å². The standard InChI is InChI=1S/C7H8N2O3Se/c1-9(2)7-8-6(12)4(13-7)3-5(10)11/h3H,1-2H3,(H,10,11)/b4-3-. The van der Waals surface area contributed by atoms with Crippen molar-refractivity contribution in [2.24, 2.45) is 4.99 Å². The van der Waals surface area contributed by atoms with Crippen LogP contribution in [0.2, 0.25) is 0 Å². The maximum atomic E-state index is 11.1. The Kier molecular flexibility index (Phi) is 2.85. The zero-order chi connectivity index (χ0) is 10.0. The third-order valence-corrected chi connectivity index (χ3v) is 3.66. The van der Waals surface area contributed by atoms with Crippen molar-refractivity contribution in [3.63, 3.8) is 0 Å².